The minimum absolute atomic E-state index is 0.537. The minimum Gasteiger partial charge on any atom is -0.313 e. The van der Waals surface area contributed by atoms with Crippen molar-refractivity contribution in [3.8, 4) is 0 Å². The molecule has 0 amide bonds. The second-order valence-corrected chi connectivity index (χ2v) is 7.03. The third kappa shape index (κ3) is 5.02. The summed E-state index contributed by atoms with van der Waals surface area (Å²) in [7, 11) is 0. The number of hydrogen-bond donors (Lipinski definition) is 1. The Kier molecular flexibility index (Phi) is 6.55. The quantitative estimate of drug-likeness (QED) is 0.793. The maximum atomic E-state index is 6.26. The molecule has 0 radical (unpaired) electrons. The Bertz CT molecular complexity index is 377. The first kappa shape index (κ1) is 15.2. The zero-order valence-corrected chi connectivity index (χ0v) is 13.3. The van der Waals surface area contributed by atoms with Crippen molar-refractivity contribution in [1.29, 1.82) is 0 Å². The maximum Gasteiger partial charge on any atom is 0.0438 e. The Morgan fingerprint density at radius 3 is 2.74 bits per heavy atom. The number of rotatable bonds is 7. The van der Waals surface area contributed by atoms with Crippen LogP contribution in [0.3, 0.4) is 0 Å². The molecule has 1 aliphatic carbocycles. The first-order chi connectivity index (χ1) is 9.29. The van der Waals surface area contributed by atoms with Gasteiger partial charge in [0.05, 0.1) is 0 Å². The number of benzene rings is 1. The van der Waals surface area contributed by atoms with E-state index in [0.717, 1.165) is 23.2 Å². The van der Waals surface area contributed by atoms with Gasteiger partial charge in [0.2, 0.25) is 0 Å². The van der Waals surface area contributed by atoms with E-state index in [9.17, 15) is 0 Å². The smallest absolute Gasteiger partial charge is 0.0438 e. The van der Waals surface area contributed by atoms with Crippen LogP contribution in [0.4, 0.5) is 0 Å². The van der Waals surface area contributed by atoms with Crippen LogP contribution in [0.25, 0.3) is 0 Å². The summed E-state index contributed by atoms with van der Waals surface area (Å²) in [4.78, 5) is 0. The maximum absolute atomic E-state index is 6.26. The first-order valence-corrected chi connectivity index (χ1v) is 8.80. The summed E-state index contributed by atoms with van der Waals surface area (Å²) in [5.74, 6) is 1.20. The van der Waals surface area contributed by atoms with Crippen LogP contribution in [-0.2, 0) is 6.42 Å². The third-order valence-electron chi connectivity index (χ3n) is 3.75. The van der Waals surface area contributed by atoms with E-state index in [-0.39, 0.29) is 0 Å². The van der Waals surface area contributed by atoms with E-state index in [2.05, 4.69) is 36.1 Å². The molecule has 0 saturated heterocycles. The summed E-state index contributed by atoms with van der Waals surface area (Å²) in [6.07, 6.45) is 6.71. The van der Waals surface area contributed by atoms with Crippen LogP contribution in [0, 0.1) is 0 Å². The highest BCUT2D eigenvalue weighted by atomic mass is 35.5. The van der Waals surface area contributed by atoms with Crippen LogP contribution in [-0.4, -0.2) is 23.6 Å². The second kappa shape index (κ2) is 8.18. The van der Waals surface area contributed by atoms with Gasteiger partial charge >= 0.3 is 0 Å². The lowest BCUT2D eigenvalue weighted by atomic mass is 10.1. The lowest BCUT2D eigenvalue weighted by Crippen LogP contribution is -2.33. The SMILES string of the molecule is CCNC(CSC1CCCC1)Cc1ccccc1Cl. The van der Waals surface area contributed by atoms with Gasteiger partial charge in [0, 0.05) is 22.1 Å². The van der Waals surface area contributed by atoms with E-state index in [1.807, 2.05) is 12.1 Å². The van der Waals surface area contributed by atoms with Crippen LogP contribution >= 0.6 is 23.4 Å². The highest BCUT2D eigenvalue weighted by Crippen LogP contribution is 2.30. The molecule has 0 heterocycles. The molecule has 1 aliphatic rings. The number of nitrogens with one attached hydrogen (secondary N) is 1. The summed E-state index contributed by atoms with van der Waals surface area (Å²) < 4.78 is 0. The van der Waals surface area contributed by atoms with E-state index in [1.54, 1.807) is 0 Å². The molecule has 2 rings (SSSR count). The van der Waals surface area contributed by atoms with Crippen molar-refractivity contribution in [3.05, 3.63) is 34.9 Å². The molecule has 106 valence electrons. The normalized spacial score (nSPS) is 17.8. The van der Waals surface area contributed by atoms with Gasteiger partial charge in [0.25, 0.3) is 0 Å². The summed E-state index contributed by atoms with van der Waals surface area (Å²) in [5, 5.41) is 5.40. The average molecular weight is 298 g/mol. The average Bonchev–Trinajstić information content (AvgIpc) is 2.92. The molecule has 0 spiro atoms. The highest BCUT2D eigenvalue weighted by molar-refractivity contribution is 7.99. The van der Waals surface area contributed by atoms with E-state index in [1.165, 1.54) is 37.0 Å². The van der Waals surface area contributed by atoms with Crippen molar-refractivity contribution >= 4 is 23.4 Å². The fourth-order valence-corrected chi connectivity index (χ4v) is 4.34. The van der Waals surface area contributed by atoms with Crippen LogP contribution in [0.1, 0.15) is 38.2 Å². The number of likely N-dealkylation sites (N-methyl/N-ethyl adjacent to an activating group) is 1. The highest BCUT2D eigenvalue weighted by Gasteiger charge is 2.18. The first-order valence-electron chi connectivity index (χ1n) is 7.38. The van der Waals surface area contributed by atoms with Gasteiger partial charge in [-0.05, 0) is 37.4 Å². The van der Waals surface area contributed by atoms with Crippen molar-refractivity contribution in [2.45, 2.75) is 50.3 Å². The summed E-state index contributed by atoms with van der Waals surface area (Å²) in [5.41, 5.74) is 1.27. The molecular weight excluding hydrogens is 274 g/mol. The summed E-state index contributed by atoms with van der Waals surface area (Å²) in [6.45, 7) is 3.21. The molecule has 1 aromatic rings. The van der Waals surface area contributed by atoms with Crippen LogP contribution in [0.2, 0.25) is 5.02 Å². The Labute approximate surface area is 126 Å². The van der Waals surface area contributed by atoms with Gasteiger partial charge in [0.15, 0.2) is 0 Å². The van der Waals surface area contributed by atoms with Crippen molar-refractivity contribution in [2.24, 2.45) is 0 Å². The largest absolute Gasteiger partial charge is 0.313 e. The van der Waals surface area contributed by atoms with Gasteiger partial charge in [-0.3, -0.25) is 0 Å². The monoisotopic (exact) mass is 297 g/mol. The second-order valence-electron chi connectivity index (χ2n) is 5.29. The van der Waals surface area contributed by atoms with Crippen LogP contribution in [0.5, 0.6) is 0 Å². The molecule has 1 saturated carbocycles. The molecule has 1 aromatic carbocycles. The fraction of sp³-hybridized carbons (Fsp3) is 0.625. The van der Waals surface area contributed by atoms with Gasteiger partial charge in [-0.25, -0.2) is 0 Å². The van der Waals surface area contributed by atoms with Crippen molar-refractivity contribution in [1.82, 2.24) is 5.32 Å². The van der Waals surface area contributed by atoms with E-state index < -0.39 is 0 Å². The number of halogens is 1. The molecule has 1 nitrogen and oxygen atoms in total. The van der Waals surface area contributed by atoms with Gasteiger partial charge in [-0.15, -0.1) is 0 Å². The standard InChI is InChI=1S/C16H24ClNS/c1-2-18-14(12-19-15-8-4-5-9-15)11-13-7-3-6-10-16(13)17/h3,6-7,10,14-15,18H,2,4-5,8-9,11-12H2,1H3. The van der Waals surface area contributed by atoms with Crippen LogP contribution < -0.4 is 5.32 Å². The molecule has 3 heteroatoms. The Morgan fingerprint density at radius 2 is 2.05 bits per heavy atom. The molecule has 0 aliphatic heterocycles. The van der Waals surface area contributed by atoms with Crippen molar-refractivity contribution in [2.75, 3.05) is 12.3 Å². The van der Waals surface area contributed by atoms with Gasteiger partial charge in [-0.2, -0.15) is 11.8 Å². The molecular formula is C16H24ClNS. The number of hydrogen-bond acceptors (Lipinski definition) is 2. The van der Waals surface area contributed by atoms with Gasteiger partial charge < -0.3 is 5.32 Å². The molecule has 0 bridgehead atoms. The topological polar surface area (TPSA) is 12.0 Å². The summed E-state index contributed by atoms with van der Waals surface area (Å²) >= 11 is 8.41. The molecule has 1 atom stereocenters. The Morgan fingerprint density at radius 1 is 1.32 bits per heavy atom. The van der Waals surface area contributed by atoms with Crippen LogP contribution in [0.15, 0.2) is 24.3 Å². The van der Waals surface area contributed by atoms with Crippen molar-refractivity contribution in [3.63, 3.8) is 0 Å². The predicted molar refractivity (Wildman–Crippen MR) is 87.3 cm³/mol. The molecule has 1 N–H and O–H groups in total. The Balaban J connectivity index is 1.86. The predicted octanol–water partition coefficient (Wildman–Crippen LogP) is 4.54. The molecule has 1 unspecified atom stereocenters. The third-order valence-corrected chi connectivity index (χ3v) is 5.66. The number of thioether (sulfide) groups is 1. The van der Waals surface area contributed by atoms with Gasteiger partial charge in [-0.1, -0.05) is 49.6 Å². The molecule has 1 fully saturated rings. The van der Waals surface area contributed by atoms with Crippen molar-refractivity contribution < 1.29 is 0 Å². The molecule has 0 aromatic heterocycles. The van der Waals surface area contributed by atoms with E-state index in [4.69, 9.17) is 11.6 Å². The molecule has 19 heavy (non-hydrogen) atoms. The Hall–Kier alpha value is -0.180. The lowest BCUT2D eigenvalue weighted by molar-refractivity contribution is 0.572. The summed E-state index contributed by atoms with van der Waals surface area (Å²) in [6, 6.07) is 8.75. The van der Waals surface area contributed by atoms with E-state index >= 15 is 0 Å². The minimum atomic E-state index is 0.537. The van der Waals surface area contributed by atoms with E-state index in [0.29, 0.717) is 6.04 Å². The van der Waals surface area contributed by atoms with Gasteiger partial charge in [0.1, 0.15) is 0 Å². The lowest BCUT2D eigenvalue weighted by Gasteiger charge is -2.20. The fourth-order valence-electron chi connectivity index (χ4n) is 2.72. The zero-order valence-electron chi connectivity index (χ0n) is 11.7. The zero-order chi connectivity index (χ0) is 13.5.